The van der Waals surface area contributed by atoms with E-state index in [-0.39, 0.29) is 5.56 Å². The number of hydrogen-bond acceptors (Lipinski definition) is 3. The minimum Gasteiger partial charge on any atom is -0.497 e. The molecule has 0 aliphatic rings. The number of rotatable bonds is 2. The van der Waals surface area contributed by atoms with Crippen molar-refractivity contribution >= 4 is 16.9 Å². The lowest BCUT2D eigenvalue weighted by Gasteiger charge is -2.05. The third-order valence-corrected chi connectivity index (χ3v) is 2.45. The van der Waals surface area contributed by atoms with Crippen LogP contribution in [-0.2, 0) is 0 Å². The second kappa shape index (κ2) is 3.81. The third-order valence-electron chi connectivity index (χ3n) is 2.45. The third kappa shape index (κ3) is 1.69. The Hall–Kier alpha value is -2.10. The molecule has 0 atom stereocenters. The first kappa shape index (κ1) is 10.4. The van der Waals surface area contributed by atoms with Crippen LogP contribution in [0.4, 0.5) is 0 Å². The molecule has 4 nitrogen and oxygen atoms in total. The van der Waals surface area contributed by atoms with Crippen LogP contribution in [0, 0.1) is 6.92 Å². The first-order chi connectivity index (χ1) is 7.61. The number of pyridine rings is 1. The maximum atomic E-state index is 10.9. The lowest BCUT2D eigenvalue weighted by atomic mass is 10.1. The van der Waals surface area contributed by atoms with Gasteiger partial charge in [0.2, 0.25) is 0 Å². The number of methoxy groups -OCH3 is 1. The summed E-state index contributed by atoms with van der Waals surface area (Å²) >= 11 is 0. The molecule has 1 heterocycles. The van der Waals surface area contributed by atoms with E-state index in [1.165, 1.54) is 0 Å². The van der Waals surface area contributed by atoms with Gasteiger partial charge < -0.3 is 9.84 Å². The molecule has 82 valence electrons. The van der Waals surface area contributed by atoms with Crippen LogP contribution in [0.15, 0.2) is 24.3 Å². The van der Waals surface area contributed by atoms with Gasteiger partial charge >= 0.3 is 5.97 Å². The summed E-state index contributed by atoms with van der Waals surface area (Å²) in [6, 6.07) is 6.99. The summed E-state index contributed by atoms with van der Waals surface area (Å²) in [5, 5.41) is 9.76. The molecule has 0 unspecified atom stereocenters. The summed E-state index contributed by atoms with van der Waals surface area (Å²) < 4.78 is 5.08. The van der Waals surface area contributed by atoms with Gasteiger partial charge in [-0.1, -0.05) is 0 Å². The van der Waals surface area contributed by atoms with E-state index >= 15 is 0 Å². The Bertz CT molecular complexity index is 563. The van der Waals surface area contributed by atoms with Gasteiger partial charge in [0.05, 0.1) is 23.9 Å². The highest BCUT2D eigenvalue weighted by atomic mass is 16.5. The predicted molar refractivity (Wildman–Crippen MR) is 60.0 cm³/mol. The molecule has 0 aliphatic heterocycles. The highest BCUT2D eigenvalue weighted by Crippen LogP contribution is 2.21. The first-order valence-corrected chi connectivity index (χ1v) is 4.80. The summed E-state index contributed by atoms with van der Waals surface area (Å²) in [5.41, 5.74) is 1.48. The van der Waals surface area contributed by atoms with E-state index in [9.17, 15) is 4.79 Å². The number of carbonyl (C=O) groups is 1. The van der Waals surface area contributed by atoms with E-state index in [0.29, 0.717) is 11.4 Å². The van der Waals surface area contributed by atoms with Crippen molar-refractivity contribution in [1.82, 2.24) is 4.98 Å². The SMILES string of the molecule is COc1ccc2cc(C(=O)O)c(C)nc2c1. The van der Waals surface area contributed by atoms with Crippen molar-refractivity contribution in [3.8, 4) is 5.75 Å². The molecule has 1 aromatic heterocycles. The Morgan fingerprint density at radius 1 is 1.38 bits per heavy atom. The van der Waals surface area contributed by atoms with Gasteiger partial charge in [0, 0.05) is 11.5 Å². The lowest BCUT2D eigenvalue weighted by molar-refractivity contribution is 0.0696. The second-order valence-corrected chi connectivity index (χ2v) is 3.49. The molecule has 0 saturated carbocycles. The Morgan fingerprint density at radius 2 is 2.12 bits per heavy atom. The molecule has 2 rings (SSSR count). The summed E-state index contributed by atoms with van der Waals surface area (Å²) in [6.45, 7) is 1.68. The predicted octanol–water partition coefficient (Wildman–Crippen LogP) is 2.25. The van der Waals surface area contributed by atoms with Crippen LogP contribution >= 0.6 is 0 Å². The van der Waals surface area contributed by atoms with Crippen molar-refractivity contribution in [3.63, 3.8) is 0 Å². The number of ether oxygens (including phenoxy) is 1. The van der Waals surface area contributed by atoms with Crippen molar-refractivity contribution < 1.29 is 14.6 Å². The van der Waals surface area contributed by atoms with Gasteiger partial charge in [-0.15, -0.1) is 0 Å². The molecule has 0 radical (unpaired) electrons. The van der Waals surface area contributed by atoms with Gasteiger partial charge in [-0.3, -0.25) is 4.98 Å². The monoisotopic (exact) mass is 217 g/mol. The highest BCUT2D eigenvalue weighted by Gasteiger charge is 2.10. The van der Waals surface area contributed by atoms with E-state index in [1.54, 1.807) is 38.3 Å². The number of fused-ring (bicyclic) bond motifs is 1. The number of benzene rings is 1. The van der Waals surface area contributed by atoms with Crippen molar-refractivity contribution in [3.05, 3.63) is 35.5 Å². The highest BCUT2D eigenvalue weighted by molar-refractivity contribution is 5.94. The Morgan fingerprint density at radius 3 is 2.75 bits per heavy atom. The molecule has 4 heteroatoms. The van der Waals surface area contributed by atoms with E-state index < -0.39 is 5.97 Å². The van der Waals surface area contributed by atoms with Crippen LogP contribution in [0.3, 0.4) is 0 Å². The van der Waals surface area contributed by atoms with Gasteiger partial charge in [-0.2, -0.15) is 0 Å². The maximum absolute atomic E-state index is 10.9. The fourth-order valence-electron chi connectivity index (χ4n) is 1.59. The topological polar surface area (TPSA) is 59.4 Å². The standard InChI is InChI=1S/C12H11NO3/c1-7-10(12(14)15)5-8-3-4-9(16-2)6-11(8)13-7/h3-6H,1-2H3,(H,14,15). The van der Waals surface area contributed by atoms with Crippen LogP contribution < -0.4 is 4.74 Å². The summed E-state index contributed by atoms with van der Waals surface area (Å²) in [6.07, 6.45) is 0. The van der Waals surface area contributed by atoms with Gasteiger partial charge in [-0.25, -0.2) is 4.79 Å². The Kier molecular flexibility index (Phi) is 2.48. The van der Waals surface area contributed by atoms with Crippen LogP contribution in [0.1, 0.15) is 16.1 Å². The molecule has 1 aromatic carbocycles. The molecule has 2 aromatic rings. The maximum Gasteiger partial charge on any atom is 0.337 e. The molecule has 1 N–H and O–H groups in total. The van der Waals surface area contributed by atoms with Crippen molar-refractivity contribution in [2.24, 2.45) is 0 Å². The second-order valence-electron chi connectivity index (χ2n) is 3.49. The summed E-state index contributed by atoms with van der Waals surface area (Å²) in [5.74, 6) is -0.245. The van der Waals surface area contributed by atoms with Crippen molar-refractivity contribution in [1.29, 1.82) is 0 Å². The van der Waals surface area contributed by atoms with Crippen molar-refractivity contribution in [2.75, 3.05) is 7.11 Å². The average molecular weight is 217 g/mol. The zero-order chi connectivity index (χ0) is 11.7. The molecule has 0 fully saturated rings. The van der Waals surface area contributed by atoms with Crippen molar-refractivity contribution in [2.45, 2.75) is 6.92 Å². The normalized spacial score (nSPS) is 10.4. The first-order valence-electron chi connectivity index (χ1n) is 4.80. The average Bonchev–Trinajstić information content (AvgIpc) is 2.27. The van der Waals surface area contributed by atoms with Crippen LogP contribution in [0.2, 0.25) is 0 Å². The van der Waals surface area contributed by atoms with Gasteiger partial charge in [0.1, 0.15) is 5.75 Å². The van der Waals surface area contributed by atoms with Crippen LogP contribution in [-0.4, -0.2) is 23.2 Å². The number of hydrogen-bond donors (Lipinski definition) is 1. The fourth-order valence-corrected chi connectivity index (χ4v) is 1.59. The number of nitrogens with zero attached hydrogens (tertiary/aromatic N) is 1. The van der Waals surface area contributed by atoms with E-state index in [4.69, 9.17) is 9.84 Å². The quantitative estimate of drug-likeness (QED) is 0.838. The van der Waals surface area contributed by atoms with Crippen LogP contribution in [0.25, 0.3) is 10.9 Å². The molecule has 0 bridgehead atoms. The molecule has 0 amide bonds. The Balaban J connectivity index is 2.68. The minimum absolute atomic E-state index is 0.234. The number of carboxylic acids is 1. The number of aryl methyl sites for hydroxylation is 1. The zero-order valence-electron chi connectivity index (χ0n) is 9.02. The largest absolute Gasteiger partial charge is 0.497 e. The molecular weight excluding hydrogens is 206 g/mol. The molecule has 0 spiro atoms. The smallest absolute Gasteiger partial charge is 0.337 e. The van der Waals surface area contributed by atoms with Gasteiger partial charge in [0.25, 0.3) is 0 Å². The Labute approximate surface area is 92.5 Å². The van der Waals surface area contributed by atoms with Crippen LogP contribution in [0.5, 0.6) is 5.75 Å². The fraction of sp³-hybridized carbons (Fsp3) is 0.167. The van der Waals surface area contributed by atoms with Gasteiger partial charge in [0.15, 0.2) is 0 Å². The van der Waals surface area contributed by atoms with Gasteiger partial charge in [-0.05, 0) is 25.1 Å². The number of aromatic carboxylic acids is 1. The van der Waals surface area contributed by atoms with E-state index in [0.717, 1.165) is 10.9 Å². The number of aromatic nitrogens is 1. The minimum atomic E-state index is -0.956. The lowest BCUT2D eigenvalue weighted by Crippen LogP contribution is -2.01. The summed E-state index contributed by atoms with van der Waals surface area (Å²) in [7, 11) is 1.58. The van der Waals surface area contributed by atoms with E-state index in [1.807, 2.05) is 0 Å². The summed E-state index contributed by atoms with van der Waals surface area (Å²) in [4.78, 5) is 15.2. The molecule has 0 saturated heterocycles. The van der Waals surface area contributed by atoms with E-state index in [2.05, 4.69) is 4.98 Å². The molecule has 0 aliphatic carbocycles. The zero-order valence-corrected chi connectivity index (χ0v) is 9.02. The molecule has 16 heavy (non-hydrogen) atoms. The molecular formula is C12H11NO3. The number of carboxylic acid groups (broad SMARTS) is 1.